The molecule has 17 heavy (non-hydrogen) atoms. The number of nitriles is 1. The Morgan fingerprint density at radius 3 is 2.59 bits per heavy atom. The predicted molar refractivity (Wildman–Crippen MR) is 54.6 cm³/mol. The summed E-state index contributed by atoms with van der Waals surface area (Å²) in [7, 11) is 0. The second kappa shape index (κ2) is 3.63. The molecule has 0 bridgehead atoms. The third-order valence-corrected chi connectivity index (χ3v) is 2.88. The molecule has 1 aliphatic rings. The van der Waals surface area contributed by atoms with Crippen LogP contribution in [0.1, 0.15) is 18.4 Å². The Morgan fingerprint density at radius 1 is 1.47 bits per heavy atom. The number of carbonyl (C=O) groups excluding carboxylic acids is 1. The molecular weight excluding hydrogens is 227 g/mol. The maximum atomic E-state index is 13.7. The van der Waals surface area contributed by atoms with Crippen molar-refractivity contribution in [3.05, 3.63) is 39.7 Å². The maximum Gasteiger partial charge on any atom is 0.277 e. The molecule has 0 unspecified atom stereocenters. The fraction of sp³-hybridized carbons (Fsp3) is 0.273. The summed E-state index contributed by atoms with van der Waals surface area (Å²) in [5, 5.41) is 19.8. The number of hydrogen-bond donors (Lipinski definition) is 0. The van der Waals surface area contributed by atoms with Gasteiger partial charge in [-0.05, 0) is 6.07 Å². The molecule has 2 rings (SSSR count). The second-order valence-electron chi connectivity index (χ2n) is 3.98. The highest BCUT2D eigenvalue weighted by atomic mass is 19.1. The van der Waals surface area contributed by atoms with Gasteiger partial charge in [0.05, 0.1) is 16.6 Å². The number of Topliss-reactive ketones (excluding diaryl/α,β-unsaturated/α-hetero) is 1. The molecule has 0 saturated heterocycles. The number of carbonyl (C=O) groups is 1. The number of nitro benzene ring substituents is 1. The molecule has 0 aromatic heterocycles. The molecule has 0 aliphatic heterocycles. The predicted octanol–water partition coefficient (Wildman–Crippen LogP) is 1.86. The number of halogens is 1. The van der Waals surface area contributed by atoms with Crippen molar-refractivity contribution in [3.63, 3.8) is 0 Å². The van der Waals surface area contributed by atoms with Gasteiger partial charge in [0.25, 0.3) is 5.69 Å². The maximum absolute atomic E-state index is 13.7. The number of benzene rings is 1. The summed E-state index contributed by atoms with van der Waals surface area (Å²) in [6.07, 6.45) is -0.323. The topological polar surface area (TPSA) is 84.0 Å². The van der Waals surface area contributed by atoms with Gasteiger partial charge in [0.1, 0.15) is 17.0 Å². The molecular formula is C11H7FN2O3. The van der Waals surface area contributed by atoms with E-state index in [4.69, 9.17) is 5.26 Å². The largest absolute Gasteiger partial charge is 0.300 e. The quantitative estimate of drug-likeness (QED) is 0.577. The van der Waals surface area contributed by atoms with Crippen molar-refractivity contribution in [2.24, 2.45) is 0 Å². The van der Waals surface area contributed by atoms with Gasteiger partial charge in [-0.2, -0.15) is 5.26 Å². The lowest BCUT2D eigenvalue weighted by atomic mass is 9.64. The average Bonchev–Trinajstić information content (AvgIpc) is 2.24. The van der Waals surface area contributed by atoms with Crippen molar-refractivity contribution >= 4 is 11.5 Å². The van der Waals surface area contributed by atoms with Crippen molar-refractivity contribution in [2.75, 3.05) is 0 Å². The summed E-state index contributed by atoms with van der Waals surface area (Å²) in [5.74, 6) is -1.00. The van der Waals surface area contributed by atoms with Crippen LogP contribution in [0.3, 0.4) is 0 Å². The summed E-state index contributed by atoms with van der Waals surface area (Å²) in [4.78, 5) is 21.1. The smallest absolute Gasteiger partial charge is 0.277 e. The van der Waals surface area contributed by atoms with Gasteiger partial charge in [0.15, 0.2) is 0 Å². The molecule has 0 heterocycles. The van der Waals surface area contributed by atoms with Crippen LogP contribution in [0.15, 0.2) is 18.2 Å². The van der Waals surface area contributed by atoms with Gasteiger partial charge in [0, 0.05) is 18.9 Å². The van der Waals surface area contributed by atoms with E-state index in [0.29, 0.717) is 0 Å². The van der Waals surface area contributed by atoms with E-state index in [1.54, 1.807) is 0 Å². The standard InChI is InChI=1S/C11H7FN2O3/c12-8-2-1-3-9(14(16)17)10(8)11(6-13)4-7(15)5-11/h1-3H,4-5H2. The summed E-state index contributed by atoms with van der Waals surface area (Å²) in [6, 6.07) is 5.24. The van der Waals surface area contributed by atoms with Crippen LogP contribution >= 0.6 is 0 Å². The zero-order valence-corrected chi connectivity index (χ0v) is 8.64. The van der Waals surface area contributed by atoms with Crippen LogP contribution in [0, 0.1) is 27.3 Å². The Hall–Kier alpha value is -2.29. The van der Waals surface area contributed by atoms with Gasteiger partial charge in [-0.15, -0.1) is 0 Å². The van der Waals surface area contributed by atoms with E-state index in [0.717, 1.165) is 12.1 Å². The summed E-state index contributed by atoms with van der Waals surface area (Å²) in [5.41, 5.74) is -2.09. The average molecular weight is 234 g/mol. The van der Waals surface area contributed by atoms with Gasteiger partial charge < -0.3 is 0 Å². The Labute approximate surface area is 95.6 Å². The monoisotopic (exact) mass is 234 g/mol. The van der Waals surface area contributed by atoms with Crippen molar-refractivity contribution in [2.45, 2.75) is 18.3 Å². The summed E-state index contributed by atoms with van der Waals surface area (Å²) >= 11 is 0. The highest BCUT2D eigenvalue weighted by Crippen LogP contribution is 2.45. The van der Waals surface area contributed by atoms with Crippen LogP contribution in [0.2, 0.25) is 0 Å². The Bertz CT molecular complexity index is 554. The van der Waals surface area contributed by atoms with E-state index in [1.807, 2.05) is 6.07 Å². The molecule has 1 aromatic carbocycles. The van der Waals surface area contributed by atoms with Crippen LogP contribution < -0.4 is 0 Å². The lowest BCUT2D eigenvalue weighted by molar-refractivity contribution is -0.386. The van der Waals surface area contributed by atoms with E-state index in [1.165, 1.54) is 6.07 Å². The van der Waals surface area contributed by atoms with Crippen molar-refractivity contribution < 1.29 is 14.1 Å². The highest BCUT2D eigenvalue weighted by Gasteiger charge is 2.50. The van der Waals surface area contributed by atoms with Gasteiger partial charge in [-0.3, -0.25) is 14.9 Å². The SMILES string of the molecule is N#CC1(c2c(F)cccc2[N+](=O)[O-])CC(=O)C1. The minimum atomic E-state index is -1.37. The van der Waals surface area contributed by atoms with Gasteiger partial charge in [-0.1, -0.05) is 6.07 Å². The minimum absolute atomic E-state index is 0.161. The third kappa shape index (κ3) is 1.56. The molecule has 86 valence electrons. The molecule has 0 atom stereocenters. The normalized spacial score (nSPS) is 17.1. The molecule has 0 spiro atoms. The molecule has 0 N–H and O–H groups in total. The first-order chi connectivity index (χ1) is 8.00. The summed E-state index contributed by atoms with van der Waals surface area (Å²) < 4.78 is 13.7. The summed E-state index contributed by atoms with van der Waals surface area (Å²) in [6.45, 7) is 0. The van der Waals surface area contributed by atoms with Gasteiger partial charge in [-0.25, -0.2) is 4.39 Å². The Morgan fingerprint density at radius 2 is 2.12 bits per heavy atom. The van der Waals surface area contributed by atoms with Gasteiger partial charge >= 0.3 is 0 Å². The molecule has 1 saturated carbocycles. The second-order valence-corrected chi connectivity index (χ2v) is 3.98. The first-order valence-corrected chi connectivity index (χ1v) is 4.86. The van der Waals surface area contributed by atoms with E-state index in [-0.39, 0.29) is 24.2 Å². The Kier molecular flexibility index (Phi) is 2.39. The Balaban J connectivity index is 2.63. The molecule has 6 heteroatoms. The van der Waals surface area contributed by atoms with Crippen molar-refractivity contribution in [1.82, 2.24) is 0 Å². The molecule has 1 aliphatic carbocycles. The van der Waals surface area contributed by atoms with Crippen LogP contribution in [-0.4, -0.2) is 10.7 Å². The molecule has 0 amide bonds. The van der Waals surface area contributed by atoms with E-state index >= 15 is 0 Å². The minimum Gasteiger partial charge on any atom is -0.300 e. The molecule has 0 radical (unpaired) electrons. The zero-order valence-electron chi connectivity index (χ0n) is 8.64. The fourth-order valence-corrected chi connectivity index (χ4v) is 2.07. The number of nitrogens with zero attached hydrogens (tertiary/aromatic N) is 2. The van der Waals surface area contributed by atoms with Gasteiger partial charge in [0.2, 0.25) is 0 Å². The molecule has 5 nitrogen and oxygen atoms in total. The molecule has 1 aromatic rings. The van der Waals surface area contributed by atoms with Crippen LogP contribution in [0.4, 0.5) is 10.1 Å². The van der Waals surface area contributed by atoms with E-state index < -0.39 is 21.8 Å². The van der Waals surface area contributed by atoms with Crippen LogP contribution in [-0.2, 0) is 10.2 Å². The van der Waals surface area contributed by atoms with E-state index in [9.17, 15) is 19.3 Å². The number of ketones is 1. The van der Waals surface area contributed by atoms with E-state index in [2.05, 4.69) is 0 Å². The van der Waals surface area contributed by atoms with Crippen molar-refractivity contribution in [3.8, 4) is 6.07 Å². The lowest BCUT2D eigenvalue weighted by Gasteiger charge is -2.33. The lowest BCUT2D eigenvalue weighted by Crippen LogP contribution is -2.41. The molecule has 1 fully saturated rings. The first-order valence-electron chi connectivity index (χ1n) is 4.86. The third-order valence-electron chi connectivity index (χ3n) is 2.88. The number of hydrogen-bond acceptors (Lipinski definition) is 4. The van der Waals surface area contributed by atoms with Crippen LogP contribution in [0.25, 0.3) is 0 Å². The van der Waals surface area contributed by atoms with Crippen LogP contribution in [0.5, 0.6) is 0 Å². The number of rotatable bonds is 2. The fourth-order valence-electron chi connectivity index (χ4n) is 2.07. The highest BCUT2D eigenvalue weighted by molar-refractivity contribution is 5.90. The van der Waals surface area contributed by atoms with Crippen molar-refractivity contribution in [1.29, 1.82) is 5.26 Å². The number of nitro groups is 1. The first kappa shape index (κ1) is 11.2. The zero-order chi connectivity index (χ0) is 12.6.